The molecule has 0 unspecified atom stereocenters. The Kier molecular flexibility index (Phi) is 7.57. The van der Waals surface area contributed by atoms with Crippen LogP contribution < -0.4 is 5.32 Å². The van der Waals surface area contributed by atoms with Crippen LogP contribution in [0, 0.1) is 11.7 Å². The van der Waals surface area contributed by atoms with Crippen LogP contribution in [0.2, 0.25) is 0 Å². The highest BCUT2D eigenvalue weighted by Gasteiger charge is 2.25. The minimum Gasteiger partial charge on any atom is -0.449 e. The molecule has 0 saturated carbocycles. The summed E-state index contributed by atoms with van der Waals surface area (Å²) in [5, 5.41) is 2.56. The highest BCUT2D eigenvalue weighted by molar-refractivity contribution is 5.85. The Morgan fingerprint density at radius 3 is 2.44 bits per heavy atom. The van der Waals surface area contributed by atoms with Crippen LogP contribution in [0.1, 0.15) is 19.4 Å². The highest BCUT2D eigenvalue weighted by atomic mass is 19.1. The normalized spacial score (nSPS) is 14.2. The minimum atomic E-state index is -0.402. The number of piperazine rings is 1. The van der Waals surface area contributed by atoms with Gasteiger partial charge in [0.1, 0.15) is 5.82 Å². The van der Waals surface area contributed by atoms with Crippen LogP contribution >= 0.6 is 0 Å². The van der Waals surface area contributed by atoms with Crippen LogP contribution in [0.4, 0.5) is 9.18 Å². The Bertz CT molecular complexity index is 673. The van der Waals surface area contributed by atoms with E-state index in [0.29, 0.717) is 38.3 Å². The lowest BCUT2D eigenvalue weighted by Crippen LogP contribution is -2.52. The summed E-state index contributed by atoms with van der Waals surface area (Å²) in [5.41, 5.74) is 0.550. The second kappa shape index (κ2) is 9.89. The molecular weight excluding hydrogens is 353 g/mol. The maximum Gasteiger partial charge on any atom is 0.409 e. The van der Waals surface area contributed by atoms with E-state index in [4.69, 9.17) is 4.74 Å². The number of rotatable bonds is 6. The van der Waals surface area contributed by atoms with Crippen molar-refractivity contribution in [3.63, 3.8) is 0 Å². The number of hydrogen-bond acceptors (Lipinski definition) is 4. The molecule has 1 aromatic carbocycles. The van der Waals surface area contributed by atoms with Gasteiger partial charge in [-0.1, -0.05) is 26.0 Å². The van der Waals surface area contributed by atoms with Gasteiger partial charge in [0.25, 0.3) is 0 Å². The number of amides is 3. The van der Waals surface area contributed by atoms with Gasteiger partial charge >= 0.3 is 6.09 Å². The molecule has 7 nitrogen and oxygen atoms in total. The molecule has 1 aliphatic heterocycles. The second-order valence-electron chi connectivity index (χ2n) is 6.92. The van der Waals surface area contributed by atoms with Gasteiger partial charge in [-0.15, -0.1) is 0 Å². The summed E-state index contributed by atoms with van der Waals surface area (Å²) < 4.78 is 18.3. The Morgan fingerprint density at radius 2 is 1.81 bits per heavy atom. The molecule has 2 rings (SSSR count). The maximum atomic E-state index is 13.1. The van der Waals surface area contributed by atoms with Crippen molar-refractivity contribution >= 4 is 17.9 Å². The minimum absolute atomic E-state index is 0.0144. The highest BCUT2D eigenvalue weighted by Crippen LogP contribution is 2.06. The van der Waals surface area contributed by atoms with Crippen molar-refractivity contribution < 1.29 is 23.5 Å². The van der Waals surface area contributed by atoms with E-state index >= 15 is 0 Å². The van der Waals surface area contributed by atoms with Crippen molar-refractivity contribution in [2.24, 2.45) is 5.92 Å². The third kappa shape index (κ3) is 6.88. The van der Waals surface area contributed by atoms with E-state index in [1.165, 1.54) is 18.2 Å². The molecule has 1 aliphatic rings. The van der Waals surface area contributed by atoms with Crippen molar-refractivity contribution in [1.82, 2.24) is 15.1 Å². The van der Waals surface area contributed by atoms with E-state index in [1.807, 2.05) is 13.8 Å². The topological polar surface area (TPSA) is 79.0 Å². The van der Waals surface area contributed by atoms with Gasteiger partial charge in [-0.25, -0.2) is 9.18 Å². The fourth-order valence-electron chi connectivity index (χ4n) is 2.65. The Hall–Kier alpha value is -2.64. The number of nitrogens with one attached hydrogen (secondary N) is 1. The van der Waals surface area contributed by atoms with Crippen LogP contribution in [0.5, 0.6) is 0 Å². The Morgan fingerprint density at radius 1 is 1.15 bits per heavy atom. The van der Waals surface area contributed by atoms with Crippen molar-refractivity contribution in [3.05, 3.63) is 35.6 Å². The van der Waals surface area contributed by atoms with E-state index in [2.05, 4.69) is 5.32 Å². The number of nitrogens with zero attached hydrogens (tertiary/aromatic N) is 2. The third-order valence-corrected chi connectivity index (χ3v) is 4.12. The fraction of sp³-hybridized carbons (Fsp3) is 0.526. The molecule has 0 aromatic heterocycles. The molecule has 0 radical (unpaired) electrons. The first-order valence-corrected chi connectivity index (χ1v) is 9.05. The SMILES string of the molecule is CC(C)COC(=O)N1CCN(C(=O)CNC(=O)Cc2cccc(F)c2)CC1. The Balaban J connectivity index is 1.69. The number of hydrogen-bond donors (Lipinski definition) is 1. The lowest BCUT2D eigenvalue weighted by Gasteiger charge is -2.34. The molecule has 3 amide bonds. The van der Waals surface area contributed by atoms with E-state index in [9.17, 15) is 18.8 Å². The van der Waals surface area contributed by atoms with Gasteiger partial charge in [-0.2, -0.15) is 0 Å². The summed E-state index contributed by atoms with van der Waals surface area (Å²) in [6.45, 7) is 5.78. The van der Waals surface area contributed by atoms with Crippen LogP contribution in [-0.2, 0) is 20.7 Å². The van der Waals surface area contributed by atoms with Crippen molar-refractivity contribution in [3.8, 4) is 0 Å². The van der Waals surface area contributed by atoms with Crippen LogP contribution in [0.15, 0.2) is 24.3 Å². The van der Waals surface area contributed by atoms with Gasteiger partial charge in [-0.05, 0) is 23.6 Å². The van der Waals surface area contributed by atoms with Gasteiger partial charge in [0.15, 0.2) is 0 Å². The average molecular weight is 379 g/mol. The summed E-state index contributed by atoms with van der Waals surface area (Å²) >= 11 is 0. The average Bonchev–Trinajstić information content (AvgIpc) is 2.64. The first-order chi connectivity index (χ1) is 12.8. The largest absolute Gasteiger partial charge is 0.449 e. The predicted octanol–water partition coefficient (Wildman–Crippen LogP) is 1.42. The molecule has 1 aromatic rings. The molecule has 1 fully saturated rings. The van der Waals surface area contributed by atoms with Gasteiger partial charge in [-0.3, -0.25) is 9.59 Å². The molecule has 0 bridgehead atoms. The molecule has 148 valence electrons. The van der Waals surface area contributed by atoms with Gasteiger partial charge in [0, 0.05) is 26.2 Å². The monoisotopic (exact) mass is 379 g/mol. The van der Waals surface area contributed by atoms with E-state index in [0.717, 1.165) is 0 Å². The van der Waals surface area contributed by atoms with E-state index in [1.54, 1.807) is 15.9 Å². The molecule has 27 heavy (non-hydrogen) atoms. The number of carbonyl (C=O) groups excluding carboxylic acids is 3. The molecule has 0 spiro atoms. The molecule has 0 atom stereocenters. The maximum absolute atomic E-state index is 13.1. The van der Waals surface area contributed by atoms with Gasteiger partial charge < -0.3 is 19.9 Å². The summed E-state index contributed by atoms with van der Waals surface area (Å²) in [6, 6.07) is 5.79. The number of benzene rings is 1. The van der Waals surface area contributed by atoms with Gasteiger partial charge in [0.05, 0.1) is 19.6 Å². The van der Waals surface area contributed by atoms with Crippen molar-refractivity contribution in [2.75, 3.05) is 39.3 Å². The van der Waals surface area contributed by atoms with Crippen LogP contribution in [-0.4, -0.2) is 67.0 Å². The fourth-order valence-corrected chi connectivity index (χ4v) is 2.65. The van der Waals surface area contributed by atoms with Crippen molar-refractivity contribution in [2.45, 2.75) is 20.3 Å². The van der Waals surface area contributed by atoms with E-state index in [-0.39, 0.29) is 36.8 Å². The molecule has 8 heteroatoms. The first-order valence-electron chi connectivity index (χ1n) is 9.05. The molecule has 1 saturated heterocycles. The molecule has 1 heterocycles. The second-order valence-corrected chi connectivity index (χ2v) is 6.92. The molecule has 1 N–H and O–H groups in total. The van der Waals surface area contributed by atoms with Gasteiger partial charge in [0.2, 0.25) is 11.8 Å². The predicted molar refractivity (Wildman–Crippen MR) is 97.5 cm³/mol. The van der Waals surface area contributed by atoms with E-state index < -0.39 is 5.82 Å². The molecule has 0 aliphatic carbocycles. The zero-order valence-electron chi connectivity index (χ0n) is 15.7. The zero-order chi connectivity index (χ0) is 19.8. The summed E-state index contributed by atoms with van der Waals surface area (Å²) in [7, 11) is 0. The Labute approximate surface area is 158 Å². The summed E-state index contributed by atoms with van der Waals surface area (Å²) in [5.74, 6) is -0.684. The number of carbonyl (C=O) groups is 3. The number of halogens is 1. The lowest BCUT2D eigenvalue weighted by atomic mass is 10.1. The third-order valence-electron chi connectivity index (χ3n) is 4.12. The molecular formula is C19H26FN3O4. The summed E-state index contributed by atoms with van der Waals surface area (Å²) in [4.78, 5) is 39.2. The first kappa shape index (κ1) is 20.7. The number of ether oxygens (including phenoxy) is 1. The smallest absolute Gasteiger partial charge is 0.409 e. The standard InChI is InChI=1S/C19H26FN3O4/c1-14(2)13-27-19(26)23-8-6-22(7-9-23)18(25)12-21-17(24)11-15-4-3-5-16(20)10-15/h3-5,10,14H,6-9,11-13H2,1-2H3,(H,21,24). The summed E-state index contributed by atoms with van der Waals surface area (Å²) in [6.07, 6.45) is -0.347. The quantitative estimate of drug-likeness (QED) is 0.811. The lowest BCUT2D eigenvalue weighted by molar-refractivity contribution is -0.134. The van der Waals surface area contributed by atoms with Crippen LogP contribution in [0.25, 0.3) is 0 Å². The van der Waals surface area contributed by atoms with Crippen molar-refractivity contribution in [1.29, 1.82) is 0 Å². The van der Waals surface area contributed by atoms with Crippen LogP contribution in [0.3, 0.4) is 0 Å². The zero-order valence-corrected chi connectivity index (χ0v) is 15.7.